The molecule has 0 saturated heterocycles. The van der Waals surface area contributed by atoms with Crippen molar-refractivity contribution in [2.45, 2.75) is 38.6 Å². The van der Waals surface area contributed by atoms with E-state index < -0.39 is 0 Å². The number of aromatic nitrogens is 2. The highest BCUT2D eigenvalue weighted by atomic mass is 19.1. The van der Waals surface area contributed by atoms with Crippen LogP contribution in [-0.2, 0) is 6.54 Å². The monoisotopic (exact) mass is 341 g/mol. The van der Waals surface area contributed by atoms with Crippen molar-refractivity contribution in [1.82, 2.24) is 9.97 Å². The van der Waals surface area contributed by atoms with E-state index in [1.54, 1.807) is 12.1 Å². The van der Waals surface area contributed by atoms with E-state index in [1.807, 2.05) is 0 Å². The molecule has 0 atom stereocenters. The molecule has 3 rings (SSSR count). The molecule has 0 radical (unpaired) electrons. The molecule has 1 heterocycles. The molecule has 1 aromatic carbocycles. The molecule has 0 aliphatic heterocycles. The van der Waals surface area contributed by atoms with Crippen LogP contribution in [0, 0.1) is 5.82 Å². The van der Waals surface area contributed by atoms with Crippen molar-refractivity contribution >= 4 is 17.3 Å². The maximum Gasteiger partial charge on any atom is 0.155 e. The first-order valence-corrected chi connectivity index (χ1v) is 8.73. The Labute approximate surface area is 147 Å². The number of hydrogen-bond donors (Lipinski definition) is 3. The number of halogens is 1. The molecule has 0 fully saturated rings. The van der Waals surface area contributed by atoms with Gasteiger partial charge >= 0.3 is 0 Å². The minimum atomic E-state index is -0.245. The fourth-order valence-electron chi connectivity index (χ4n) is 2.94. The molecule has 0 unspecified atom stereocenters. The molecule has 1 aliphatic rings. The summed E-state index contributed by atoms with van der Waals surface area (Å²) in [5.41, 5.74) is 9.14. The van der Waals surface area contributed by atoms with Crippen molar-refractivity contribution in [3.8, 4) is 0 Å². The smallest absolute Gasteiger partial charge is 0.155 e. The number of allylic oxidation sites excluding steroid dienone is 1. The first kappa shape index (κ1) is 17.2. The van der Waals surface area contributed by atoms with Crippen molar-refractivity contribution in [3.05, 3.63) is 53.6 Å². The van der Waals surface area contributed by atoms with Crippen molar-refractivity contribution in [1.29, 1.82) is 0 Å². The van der Waals surface area contributed by atoms with Crippen LogP contribution in [0.25, 0.3) is 0 Å². The summed E-state index contributed by atoms with van der Waals surface area (Å²) in [5.74, 6) is 0.983. The molecular formula is C19H24FN5. The summed E-state index contributed by atoms with van der Waals surface area (Å²) in [6.07, 6.45) is 9.85. The first-order chi connectivity index (χ1) is 12.2. The van der Waals surface area contributed by atoms with Crippen LogP contribution in [0.2, 0.25) is 0 Å². The molecule has 6 heteroatoms. The van der Waals surface area contributed by atoms with Crippen molar-refractivity contribution in [2.75, 3.05) is 22.9 Å². The molecule has 4 N–H and O–H groups in total. The van der Waals surface area contributed by atoms with Crippen LogP contribution in [0.4, 0.5) is 21.7 Å². The Kier molecular flexibility index (Phi) is 5.82. The second-order valence-electron chi connectivity index (χ2n) is 6.25. The van der Waals surface area contributed by atoms with Gasteiger partial charge in [-0.2, -0.15) is 0 Å². The van der Waals surface area contributed by atoms with Crippen LogP contribution < -0.4 is 16.4 Å². The predicted octanol–water partition coefficient (Wildman–Crippen LogP) is 4.11. The predicted molar refractivity (Wildman–Crippen MR) is 99.8 cm³/mol. The van der Waals surface area contributed by atoms with E-state index in [1.165, 1.54) is 49.7 Å². The number of rotatable bonds is 7. The highest BCUT2D eigenvalue weighted by molar-refractivity contribution is 5.73. The summed E-state index contributed by atoms with van der Waals surface area (Å²) < 4.78 is 12.9. The average Bonchev–Trinajstić information content (AvgIpc) is 2.64. The molecule has 5 nitrogen and oxygen atoms in total. The molecule has 1 aliphatic carbocycles. The normalized spacial score (nSPS) is 14.0. The Morgan fingerprint density at radius 3 is 2.52 bits per heavy atom. The zero-order chi connectivity index (χ0) is 17.5. The number of nitrogens with zero attached hydrogens (tertiary/aromatic N) is 2. The Hall–Kier alpha value is -2.63. The van der Waals surface area contributed by atoms with Gasteiger partial charge in [0, 0.05) is 13.1 Å². The third-order valence-corrected chi connectivity index (χ3v) is 4.38. The molecule has 2 aromatic rings. The highest BCUT2D eigenvalue weighted by Crippen LogP contribution is 2.24. The van der Waals surface area contributed by atoms with Gasteiger partial charge in [-0.3, -0.25) is 0 Å². The van der Waals surface area contributed by atoms with Gasteiger partial charge in [0.2, 0.25) is 0 Å². The molecule has 0 spiro atoms. The summed E-state index contributed by atoms with van der Waals surface area (Å²) in [7, 11) is 0. The molecule has 0 saturated carbocycles. The second kappa shape index (κ2) is 8.46. The number of nitrogen functional groups attached to an aromatic ring is 1. The lowest BCUT2D eigenvalue weighted by Crippen LogP contribution is -2.11. The van der Waals surface area contributed by atoms with Gasteiger partial charge in [0.15, 0.2) is 11.6 Å². The summed E-state index contributed by atoms with van der Waals surface area (Å²) in [6.45, 7) is 1.33. The number of benzene rings is 1. The van der Waals surface area contributed by atoms with Crippen LogP contribution in [0.1, 0.15) is 37.7 Å². The SMILES string of the molecule is Nc1c(NCCC2=CCCCC2)ncnc1NCc1ccc(F)cc1. The van der Waals surface area contributed by atoms with E-state index >= 15 is 0 Å². The van der Waals surface area contributed by atoms with Crippen LogP contribution in [0.15, 0.2) is 42.2 Å². The zero-order valence-electron chi connectivity index (χ0n) is 14.3. The molecule has 1 aromatic heterocycles. The van der Waals surface area contributed by atoms with E-state index in [2.05, 4.69) is 26.7 Å². The number of nitrogens with one attached hydrogen (secondary N) is 2. The summed E-state index contributed by atoms with van der Waals surface area (Å²) in [6, 6.07) is 6.34. The van der Waals surface area contributed by atoms with Crippen LogP contribution >= 0.6 is 0 Å². The highest BCUT2D eigenvalue weighted by Gasteiger charge is 2.09. The topological polar surface area (TPSA) is 75.9 Å². The van der Waals surface area contributed by atoms with E-state index in [0.717, 1.165) is 18.5 Å². The second-order valence-corrected chi connectivity index (χ2v) is 6.25. The molecule has 0 amide bonds. The van der Waals surface area contributed by atoms with Gasteiger partial charge < -0.3 is 16.4 Å². The lowest BCUT2D eigenvalue weighted by Gasteiger charge is -2.15. The van der Waals surface area contributed by atoms with Crippen molar-refractivity contribution < 1.29 is 4.39 Å². The average molecular weight is 341 g/mol. The molecule has 25 heavy (non-hydrogen) atoms. The van der Waals surface area contributed by atoms with E-state index in [4.69, 9.17) is 5.73 Å². The fourth-order valence-corrected chi connectivity index (χ4v) is 2.94. The van der Waals surface area contributed by atoms with Crippen LogP contribution in [0.5, 0.6) is 0 Å². The van der Waals surface area contributed by atoms with Gasteiger partial charge in [0.25, 0.3) is 0 Å². The maximum absolute atomic E-state index is 12.9. The van der Waals surface area contributed by atoms with Gasteiger partial charge in [0.05, 0.1) is 0 Å². The molecule has 0 bridgehead atoms. The first-order valence-electron chi connectivity index (χ1n) is 8.73. The Morgan fingerprint density at radius 2 is 1.80 bits per heavy atom. The maximum atomic E-state index is 12.9. The number of nitrogens with two attached hydrogens (primary N) is 1. The van der Waals surface area contributed by atoms with E-state index in [-0.39, 0.29) is 5.82 Å². The number of anilines is 3. The number of hydrogen-bond acceptors (Lipinski definition) is 5. The molecular weight excluding hydrogens is 317 g/mol. The quantitative estimate of drug-likeness (QED) is 0.661. The minimum absolute atomic E-state index is 0.245. The Bertz CT molecular complexity index is 727. The van der Waals surface area contributed by atoms with Crippen molar-refractivity contribution in [3.63, 3.8) is 0 Å². The van der Waals surface area contributed by atoms with E-state index in [0.29, 0.717) is 23.9 Å². The summed E-state index contributed by atoms with van der Waals surface area (Å²) in [5, 5.41) is 6.48. The summed E-state index contributed by atoms with van der Waals surface area (Å²) >= 11 is 0. The van der Waals surface area contributed by atoms with Crippen LogP contribution in [-0.4, -0.2) is 16.5 Å². The van der Waals surface area contributed by atoms with Crippen molar-refractivity contribution in [2.24, 2.45) is 0 Å². The Balaban J connectivity index is 1.55. The molecule has 132 valence electrons. The van der Waals surface area contributed by atoms with Gasteiger partial charge in [-0.1, -0.05) is 23.8 Å². The van der Waals surface area contributed by atoms with Gasteiger partial charge in [0.1, 0.15) is 17.8 Å². The zero-order valence-corrected chi connectivity index (χ0v) is 14.3. The third kappa shape index (κ3) is 4.92. The van der Waals surface area contributed by atoms with Crippen LogP contribution in [0.3, 0.4) is 0 Å². The fraction of sp³-hybridized carbons (Fsp3) is 0.368. The summed E-state index contributed by atoms with van der Waals surface area (Å²) in [4.78, 5) is 8.43. The standard InChI is InChI=1S/C19H24FN5/c20-16-8-6-15(7-9-16)12-23-19-17(21)18(24-13-25-19)22-11-10-14-4-2-1-3-5-14/h4,6-9,13H,1-3,5,10-12,21H2,(H2,22,23,24,25). The largest absolute Gasteiger partial charge is 0.393 e. The van der Waals surface area contributed by atoms with Gasteiger partial charge in [-0.25, -0.2) is 14.4 Å². The third-order valence-electron chi connectivity index (χ3n) is 4.38. The van der Waals surface area contributed by atoms with Gasteiger partial charge in [-0.05, 0) is 49.8 Å². The van der Waals surface area contributed by atoms with E-state index in [9.17, 15) is 4.39 Å². The minimum Gasteiger partial charge on any atom is -0.393 e. The Morgan fingerprint density at radius 1 is 1.04 bits per heavy atom. The lowest BCUT2D eigenvalue weighted by molar-refractivity contribution is 0.627. The lowest BCUT2D eigenvalue weighted by atomic mass is 9.97. The van der Waals surface area contributed by atoms with Gasteiger partial charge in [-0.15, -0.1) is 0 Å².